The SMILES string of the molecule is [N-3].[N-3].[N-3].[N-3].[W+6].[W+6]. The van der Waals surface area contributed by atoms with E-state index in [1.807, 2.05) is 0 Å². The number of nitrogens with zero attached hydrogens (tertiary/aromatic N) is 4. The van der Waals surface area contributed by atoms with Crippen LogP contribution in [-0.2, 0) is 42.1 Å². The van der Waals surface area contributed by atoms with Crippen molar-refractivity contribution in [3.63, 3.8) is 0 Å². The third kappa shape index (κ3) is 62.7. The van der Waals surface area contributed by atoms with E-state index in [4.69, 9.17) is 0 Å². The fourth-order valence-electron chi connectivity index (χ4n) is 0. The maximum atomic E-state index is 0. The molecule has 6 heavy (non-hydrogen) atoms. The van der Waals surface area contributed by atoms with Gasteiger partial charge in [0.2, 0.25) is 0 Å². The van der Waals surface area contributed by atoms with E-state index in [0.29, 0.717) is 0 Å². The molecule has 0 rings (SSSR count). The van der Waals surface area contributed by atoms with Gasteiger partial charge in [-0.2, -0.15) is 0 Å². The second-order valence-corrected chi connectivity index (χ2v) is 0. The summed E-state index contributed by atoms with van der Waals surface area (Å²) in [6.45, 7) is 0. The number of hydrogen-bond acceptors (Lipinski definition) is 0. The first-order chi connectivity index (χ1) is 0. The van der Waals surface area contributed by atoms with Gasteiger partial charge in [0.05, 0.1) is 0 Å². The average Bonchev–Trinajstić information content (AvgIpc) is 0. The van der Waals surface area contributed by atoms with Crippen molar-refractivity contribution in [2.24, 2.45) is 0 Å². The van der Waals surface area contributed by atoms with Crippen LogP contribution in [0.5, 0.6) is 0 Å². The van der Waals surface area contributed by atoms with Crippen LogP contribution in [0.3, 0.4) is 0 Å². The van der Waals surface area contributed by atoms with Gasteiger partial charge in [-0.1, -0.05) is 0 Å². The molecule has 0 atom stereocenters. The molecule has 0 bridgehead atoms. The van der Waals surface area contributed by atoms with Crippen LogP contribution in [0.2, 0.25) is 0 Å². The minimum Gasteiger partial charge on any atom is -3.00 e. The van der Waals surface area contributed by atoms with Gasteiger partial charge >= 0.3 is 42.1 Å². The first kappa shape index (κ1) is 188. The smallest absolute Gasteiger partial charge is 3.00 e. The Hall–Kier alpha value is 1.22. The molecule has 4 nitrogen and oxygen atoms in total. The van der Waals surface area contributed by atoms with Gasteiger partial charge < -0.3 is 24.6 Å². The summed E-state index contributed by atoms with van der Waals surface area (Å²) in [6.07, 6.45) is 0. The zero-order valence-electron chi connectivity index (χ0n) is 2.61. The van der Waals surface area contributed by atoms with E-state index in [0.717, 1.165) is 0 Å². The molecule has 0 fully saturated rings. The van der Waals surface area contributed by atoms with Crippen molar-refractivity contribution in [2.45, 2.75) is 0 Å². The summed E-state index contributed by atoms with van der Waals surface area (Å²) in [5, 5.41) is 0. The van der Waals surface area contributed by atoms with Crippen molar-refractivity contribution < 1.29 is 42.1 Å². The van der Waals surface area contributed by atoms with Crippen molar-refractivity contribution in [3.8, 4) is 0 Å². The normalized spacial score (nSPS) is 0. The topological polar surface area (TPSA) is 122 Å². The molecule has 0 saturated heterocycles. The molecule has 0 aliphatic carbocycles. The summed E-state index contributed by atoms with van der Waals surface area (Å²) in [4.78, 5) is 0. The fraction of sp³-hybridized carbons (Fsp3) is 0. The molecular weight excluding hydrogens is 424 g/mol. The van der Waals surface area contributed by atoms with Gasteiger partial charge in [0.15, 0.2) is 0 Å². The Morgan fingerprint density at radius 2 is 0.333 bits per heavy atom. The maximum Gasteiger partial charge on any atom is 6.00 e. The molecule has 0 aromatic heterocycles. The Labute approximate surface area is 66.7 Å². The molecule has 0 saturated carbocycles. The van der Waals surface area contributed by atoms with Gasteiger partial charge in [-0.3, -0.25) is 0 Å². The van der Waals surface area contributed by atoms with E-state index in [2.05, 4.69) is 0 Å². The molecule has 0 amide bonds. The molecule has 0 N–H and O–H groups in total. The van der Waals surface area contributed by atoms with Crippen LogP contribution >= 0.6 is 0 Å². The third-order valence-electron chi connectivity index (χ3n) is 0. The largest absolute Gasteiger partial charge is 6.00 e. The van der Waals surface area contributed by atoms with Crippen LogP contribution in [0.1, 0.15) is 0 Å². The van der Waals surface area contributed by atoms with Crippen molar-refractivity contribution in [1.82, 2.24) is 0 Å². The van der Waals surface area contributed by atoms with Crippen LogP contribution in [0, 0.1) is 0 Å². The second-order valence-electron chi connectivity index (χ2n) is 0. The first-order valence-electron chi connectivity index (χ1n) is 0. The van der Waals surface area contributed by atoms with E-state index < -0.39 is 0 Å². The zero-order chi connectivity index (χ0) is 0. The van der Waals surface area contributed by atoms with Crippen molar-refractivity contribution in [1.29, 1.82) is 0 Å². The predicted octanol–water partition coefficient (Wildman–Crippen LogP) is 1.15. The van der Waals surface area contributed by atoms with Gasteiger partial charge in [-0.05, 0) is 0 Å². The van der Waals surface area contributed by atoms with Gasteiger partial charge in [0, 0.05) is 0 Å². The quantitative estimate of drug-likeness (QED) is 0.555. The van der Waals surface area contributed by atoms with Gasteiger partial charge in [0.25, 0.3) is 0 Å². The summed E-state index contributed by atoms with van der Waals surface area (Å²) >= 11 is 0. The maximum absolute atomic E-state index is 0. The minimum absolute atomic E-state index is 0. The molecule has 0 unspecified atom stereocenters. The first-order valence-corrected chi connectivity index (χ1v) is 0. The van der Waals surface area contributed by atoms with Crippen molar-refractivity contribution in [3.05, 3.63) is 24.6 Å². The second kappa shape index (κ2) is 114. The molecule has 32 valence electrons. The van der Waals surface area contributed by atoms with Crippen LogP contribution in [0.15, 0.2) is 0 Å². The van der Waals surface area contributed by atoms with Gasteiger partial charge in [0.1, 0.15) is 0 Å². The van der Waals surface area contributed by atoms with Gasteiger partial charge in [-0.25, -0.2) is 0 Å². The standard InChI is InChI=1S/4N.2W/q4*-3;2*+6. The van der Waals surface area contributed by atoms with Gasteiger partial charge in [-0.15, -0.1) is 0 Å². The fourth-order valence-corrected chi connectivity index (χ4v) is 0. The van der Waals surface area contributed by atoms with E-state index in [9.17, 15) is 0 Å². The summed E-state index contributed by atoms with van der Waals surface area (Å²) < 4.78 is 0. The Kier molecular flexibility index (Phi) is 3590. The molecule has 6 heteroatoms. The summed E-state index contributed by atoms with van der Waals surface area (Å²) in [7, 11) is 0. The van der Waals surface area contributed by atoms with E-state index in [1.165, 1.54) is 0 Å². The summed E-state index contributed by atoms with van der Waals surface area (Å²) in [5.41, 5.74) is 0. The molecule has 0 aromatic rings. The molecule has 0 aliphatic heterocycles. The van der Waals surface area contributed by atoms with E-state index in [-0.39, 0.29) is 66.7 Å². The molecule has 0 aliphatic rings. The predicted molar refractivity (Wildman–Crippen MR) is 13.4 cm³/mol. The molecular formula is N4W2. The minimum atomic E-state index is 0. The third-order valence-corrected chi connectivity index (χ3v) is 0. The van der Waals surface area contributed by atoms with Crippen LogP contribution < -0.4 is 0 Å². The monoisotopic (exact) mass is 424 g/mol. The summed E-state index contributed by atoms with van der Waals surface area (Å²) in [5.74, 6) is 0. The Bertz CT molecular complexity index is 5.51. The number of hydrogen-bond donors (Lipinski definition) is 0. The van der Waals surface area contributed by atoms with Crippen LogP contribution in [0.25, 0.3) is 24.6 Å². The van der Waals surface area contributed by atoms with Crippen molar-refractivity contribution in [2.75, 3.05) is 0 Å². The Morgan fingerprint density at radius 1 is 0.333 bits per heavy atom. The average molecular weight is 424 g/mol. The van der Waals surface area contributed by atoms with E-state index >= 15 is 0 Å². The van der Waals surface area contributed by atoms with Crippen LogP contribution in [0.4, 0.5) is 0 Å². The van der Waals surface area contributed by atoms with E-state index in [1.54, 1.807) is 0 Å². The Balaban J connectivity index is 0. The zero-order valence-corrected chi connectivity index (χ0v) is 8.47. The Morgan fingerprint density at radius 3 is 0.333 bits per heavy atom. The van der Waals surface area contributed by atoms with Crippen molar-refractivity contribution >= 4 is 0 Å². The summed E-state index contributed by atoms with van der Waals surface area (Å²) in [6, 6.07) is 0. The molecule has 0 heterocycles. The van der Waals surface area contributed by atoms with Crippen LogP contribution in [-0.4, -0.2) is 0 Å². The molecule has 0 radical (unpaired) electrons. The molecule has 0 aromatic carbocycles. The number of rotatable bonds is 0. The molecule has 0 spiro atoms.